The standard InChI is InChI=1S/C32H32ClF4N5O3/c1-18(43-3)13-20-14-21(29-39-30(41-40-29)32(35,36)37)16-38-26(20)17-42-11-9-19(10-12-42)23-5-4-6-27-28(23)45-31(2,44-27)24-8-7-22(33)15-25(24)34/h4-8,14-16,18-19H,9-13,17H2,1-3H3,(H,39,40,41)/t18-,31-/m1/s1. The summed E-state index contributed by atoms with van der Waals surface area (Å²) in [6, 6.07) is 12.0. The van der Waals surface area contributed by atoms with Gasteiger partial charge in [0.1, 0.15) is 5.82 Å². The molecule has 4 aromatic rings. The predicted molar refractivity (Wildman–Crippen MR) is 159 cm³/mol. The average Bonchev–Trinajstić information content (AvgIpc) is 3.64. The van der Waals surface area contributed by atoms with Crippen LogP contribution in [0.25, 0.3) is 11.4 Å². The highest BCUT2D eigenvalue weighted by molar-refractivity contribution is 6.30. The molecule has 1 N–H and O–H groups in total. The summed E-state index contributed by atoms with van der Waals surface area (Å²) in [5.41, 5.74) is 3.37. The quantitative estimate of drug-likeness (QED) is 0.202. The van der Waals surface area contributed by atoms with Crippen LogP contribution in [0.3, 0.4) is 0 Å². The Hall–Kier alpha value is -3.74. The number of aromatic nitrogens is 4. The zero-order valence-corrected chi connectivity index (χ0v) is 25.7. The molecule has 0 radical (unpaired) electrons. The fourth-order valence-electron chi connectivity index (χ4n) is 5.94. The maximum Gasteiger partial charge on any atom is 0.451 e. The first-order chi connectivity index (χ1) is 21.4. The van der Waals surface area contributed by atoms with Crippen LogP contribution < -0.4 is 9.47 Å². The second-order valence-corrected chi connectivity index (χ2v) is 12.0. The Labute approximate surface area is 262 Å². The minimum absolute atomic E-state index is 0.0648. The fraction of sp³-hybridized carbons (Fsp3) is 0.406. The topological polar surface area (TPSA) is 85.4 Å². The molecule has 0 amide bonds. The molecular weight excluding hydrogens is 614 g/mol. The molecule has 2 aliphatic heterocycles. The highest BCUT2D eigenvalue weighted by atomic mass is 35.5. The van der Waals surface area contributed by atoms with Gasteiger partial charge in [0.2, 0.25) is 5.82 Å². The Kier molecular flexibility index (Phi) is 8.49. The number of alkyl halides is 3. The number of fused-ring (bicyclic) bond motifs is 1. The normalized spacial score (nSPS) is 19.6. The zero-order valence-electron chi connectivity index (χ0n) is 24.9. The number of hydrogen-bond acceptors (Lipinski definition) is 7. The molecule has 6 rings (SSSR count). The van der Waals surface area contributed by atoms with Gasteiger partial charge in [0.05, 0.1) is 17.4 Å². The van der Waals surface area contributed by atoms with Gasteiger partial charge in [-0.3, -0.25) is 15.0 Å². The molecule has 0 unspecified atom stereocenters. The Morgan fingerprint density at radius 3 is 2.62 bits per heavy atom. The summed E-state index contributed by atoms with van der Waals surface area (Å²) in [5, 5.41) is 6.01. The summed E-state index contributed by atoms with van der Waals surface area (Å²) in [4.78, 5) is 10.6. The molecule has 13 heteroatoms. The van der Waals surface area contributed by atoms with Crippen molar-refractivity contribution in [1.82, 2.24) is 25.1 Å². The third-order valence-electron chi connectivity index (χ3n) is 8.41. The van der Waals surface area contributed by atoms with Crippen LogP contribution in [0.2, 0.25) is 5.02 Å². The van der Waals surface area contributed by atoms with E-state index in [0.717, 1.165) is 42.8 Å². The van der Waals surface area contributed by atoms with Gasteiger partial charge in [0.15, 0.2) is 17.3 Å². The van der Waals surface area contributed by atoms with Gasteiger partial charge in [0.25, 0.3) is 5.79 Å². The van der Waals surface area contributed by atoms with Crippen molar-refractivity contribution in [2.75, 3.05) is 20.2 Å². The first kappa shape index (κ1) is 31.3. The van der Waals surface area contributed by atoms with E-state index in [1.807, 2.05) is 30.2 Å². The van der Waals surface area contributed by atoms with Gasteiger partial charge in [-0.25, -0.2) is 9.37 Å². The van der Waals surface area contributed by atoms with Gasteiger partial charge < -0.3 is 14.2 Å². The molecule has 238 valence electrons. The molecule has 2 aromatic heterocycles. The monoisotopic (exact) mass is 645 g/mol. The molecule has 45 heavy (non-hydrogen) atoms. The molecule has 2 aromatic carbocycles. The van der Waals surface area contributed by atoms with Crippen molar-refractivity contribution in [3.05, 3.63) is 87.7 Å². The number of likely N-dealkylation sites (tertiary alicyclic amines) is 1. The molecule has 1 saturated heterocycles. The van der Waals surface area contributed by atoms with E-state index in [1.165, 1.54) is 12.3 Å². The van der Waals surface area contributed by atoms with Crippen molar-refractivity contribution in [3.63, 3.8) is 0 Å². The Morgan fingerprint density at radius 1 is 1.16 bits per heavy atom. The molecule has 2 aliphatic rings. The lowest BCUT2D eigenvalue weighted by Gasteiger charge is -2.33. The van der Waals surface area contributed by atoms with Crippen LogP contribution >= 0.6 is 11.6 Å². The number of rotatable bonds is 8. The maximum absolute atomic E-state index is 14.8. The van der Waals surface area contributed by atoms with Crippen LogP contribution in [0, 0.1) is 5.82 Å². The Bertz CT molecular complexity index is 1690. The van der Waals surface area contributed by atoms with Crippen LogP contribution in [0.15, 0.2) is 48.7 Å². The second kappa shape index (κ2) is 12.2. The molecule has 0 saturated carbocycles. The summed E-state index contributed by atoms with van der Waals surface area (Å²) < 4.78 is 72.0. The third kappa shape index (κ3) is 6.49. The van der Waals surface area contributed by atoms with E-state index in [2.05, 4.69) is 20.0 Å². The minimum atomic E-state index is -4.62. The number of nitrogens with zero attached hydrogens (tertiary/aromatic N) is 4. The Balaban J connectivity index is 1.16. The van der Waals surface area contributed by atoms with E-state index in [9.17, 15) is 17.6 Å². The molecule has 1 fully saturated rings. The van der Waals surface area contributed by atoms with Crippen molar-refractivity contribution in [3.8, 4) is 22.9 Å². The number of ether oxygens (including phenoxy) is 3. The van der Waals surface area contributed by atoms with E-state index in [-0.39, 0.29) is 23.4 Å². The number of methoxy groups -OCH3 is 1. The molecular formula is C32H32ClF4N5O3. The second-order valence-electron chi connectivity index (χ2n) is 11.6. The highest BCUT2D eigenvalue weighted by Gasteiger charge is 2.43. The number of pyridine rings is 1. The van der Waals surface area contributed by atoms with Crippen molar-refractivity contribution >= 4 is 11.6 Å². The minimum Gasteiger partial charge on any atom is -0.444 e. The van der Waals surface area contributed by atoms with E-state index >= 15 is 0 Å². The highest BCUT2D eigenvalue weighted by Crippen LogP contribution is 2.50. The summed E-state index contributed by atoms with van der Waals surface area (Å²) in [6.07, 6.45) is -1.00. The van der Waals surface area contributed by atoms with Crippen molar-refractivity contribution in [1.29, 1.82) is 0 Å². The van der Waals surface area contributed by atoms with Gasteiger partial charge in [-0.15, -0.1) is 0 Å². The predicted octanol–water partition coefficient (Wildman–Crippen LogP) is 7.28. The Morgan fingerprint density at radius 2 is 1.93 bits per heavy atom. The number of para-hydroxylation sites is 1. The van der Waals surface area contributed by atoms with Crippen LogP contribution in [0.4, 0.5) is 17.6 Å². The van der Waals surface area contributed by atoms with Crippen molar-refractivity contribution < 1.29 is 31.8 Å². The fourth-order valence-corrected chi connectivity index (χ4v) is 6.10. The first-order valence-electron chi connectivity index (χ1n) is 14.6. The van der Waals surface area contributed by atoms with Crippen molar-refractivity contribution in [2.45, 2.75) is 63.6 Å². The lowest BCUT2D eigenvalue weighted by atomic mass is 9.88. The molecule has 2 atom stereocenters. The summed E-state index contributed by atoms with van der Waals surface area (Å²) in [6.45, 7) is 5.77. The van der Waals surface area contributed by atoms with E-state index < -0.39 is 23.6 Å². The number of nitrogens with one attached hydrogen (secondary N) is 1. The summed E-state index contributed by atoms with van der Waals surface area (Å²) >= 11 is 5.96. The smallest absolute Gasteiger partial charge is 0.444 e. The van der Waals surface area contributed by atoms with E-state index in [1.54, 1.807) is 32.2 Å². The van der Waals surface area contributed by atoms with Gasteiger partial charge in [0, 0.05) is 49.3 Å². The molecule has 8 nitrogen and oxygen atoms in total. The molecule has 0 bridgehead atoms. The van der Waals surface area contributed by atoms with Crippen LogP contribution in [0.1, 0.15) is 60.8 Å². The zero-order chi connectivity index (χ0) is 31.9. The number of benzene rings is 2. The van der Waals surface area contributed by atoms with Crippen molar-refractivity contribution in [2.24, 2.45) is 0 Å². The van der Waals surface area contributed by atoms with E-state index in [0.29, 0.717) is 35.1 Å². The molecule has 0 aliphatic carbocycles. The van der Waals surface area contributed by atoms with Crippen LogP contribution in [0.5, 0.6) is 11.5 Å². The van der Waals surface area contributed by atoms with E-state index in [4.69, 9.17) is 25.8 Å². The van der Waals surface area contributed by atoms with Gasteiger partial charge in [-0.2, -0.15) is 18.3 Å². The SMILES string of the molecule is CO[C@H](C)Cc1cc(-c2n[nH]c(C(F)(F)F)n2)cnc1CN1CCC(c2cccc3c2O[C@](C)(c2ccc(Cl)cc2F)O3)CC1. The van der Waals surface area contributed by atoms with Crippen LogP contribution in [-0.2, 0) is 29.7 Å². The number of aromatic amines is 1. The number of piperidine rings is 1. The van der Waals surface area contributed by atoms with Crippen LogP contribution in [-0.4, -0.2) is 51.4 Å². The summed E-state index contributed by atoms with van der Waals surface area (Å²) in [7, 11) is 1.61. The third-order valence-corrected chi connectivity index (χ3v) is 8.65. The van der Waals surface area contributed by atoms with Gasteiger partial charge >= 0.3 is 6.18 Å². The lowest BCUT2D eigenvalue weighted by molar-refractivity contribution is -0.144. The number of hydrogen-bond donors (Lipinski definition) is 1. The average molecular weight is 646 g/mol. The number of H-pyrrole nitrogens is 1. The van der Waals surface area contributed by atoms with Gasteiger partial charge in [-0.05, 0) is 74.7 Å². The maximum atomic E-state index is 14.8. The molecule has 4 heterocycles. The first-order valence-corrected chi connectivity index (χ1v) is 15.0. The van der Waals surface area contributed by atoms with Gasteiger partial charge in [-0.1, -0.05) is 23.7 Å². The molecule has 0 spiro atoms. The largest absolute Gasteiger partial charge is 0.451 e. The number of halogens is 5. The summed E-state index contributed by atoms with van der Waals surface area (Å²) in [5.74, 6) is -1.64. The lowest BCUT2D eigenvalue weighted by Crippen LogP contribution is -2.34.